The number of nitrogens with one attached hydrogen (secondary N) is 1. The van der Waals surface area contributed by atoms with Crippen molar-refractivity contribution in [3.63, 3.8) is 0 Å². The van der Waals surface area contributed by atoms with Crippen LogP contribution in [-0.2, 0) is 31.4 Å². The van der Waals surface area contributed by atoms with Crippen LogP contribution in [0, 0.1) is 23.7 Å². The highest BCUT2D eigenvalue weighted by Gasteiger charge is 2.44. The largest absolute Gasteiger partial charge is 0.490 e. The van der Waals surface area contributed by atoms with Gasteiger partial charge in [0.25, 0.3) is 10.0 Å². The molecule has 2 aromatic carbocycles. The SMILES string of the molecule is CCC1CN(CCO[C@H]2/C=C/CC[C@@H](C)C(=O)NS(=O)(=O)c3ccc4c(c3)N(C[C@@H]3CC[C@H]32)C[C@@]2(CCCc3cc(Cl)ccc32)CO4)C1. The van der Waals surface area contributed by atoms with Crippen LogP contribution in [0.4, 0.5) is 5.69 Å². The third kappa shape index (κ3) is 6.90. The fraction of sp³-hybridized carbons (Fsp3) is 0.605. The summed E-state index contributed by atoms with van der Waals surface area (Å²) in [6.45, 7) is 10.0. The second-order valence-corrected chi connectivity index (χ2v) is 17.1. The fourth-order valence-electron chi connectivity index (χ4n) is 8.56. The molecule has 8 nitrogen and oxygen atoms in total. The number of allylic oxidation sites excluding steroid dienone is 1. The molecule has 0 aromatic heterocycles. The minimum absolute atomic E-state index is 0.00459. The molecule has 2 fully saturated rings. The Morgan fingerprint density at radius 3 is 2.75 bits per heavy atom. The molecule has 1 N–H and O–H groups in total. The lowest BCUT2D eigenvalue weighted by Crippen LogP contribution is -2.50. The number of likely N-dealkylation sites (tertiary alicyclic amines) is 1. The normalized spacial score (nSPS) is 31.3. The third-order valence-electron chi connectivity index (χ3n) is 11.8. The van der Waals surface area contributed by atoms with Crippen LogP contribution in [0.2, 0.25) is 5.02 Å². The Labute approximate surface area is 291 Å². The minimum Gasteiger partial charge on any atom is -0.490 e. The number of benzene rings is 2. The highest BCUT2D eigenvalue weighted by Crippen LogP contribution is 2.47. The van der Waals surface area contributed by atoms with E-state index >= 15 is 0 Å². The van der Waals surface area contributed by atoms with E-state index < -0.39 is 21.8 Å². The molecule has 3 heterocycles. The van der Waals surface area contributed by atoms with Gasteiger partial charge in [0.05, 0.1) is 29.9 Å². The topological polar surface area (TPSA) is 88.2 Å². The number of anilines is 1. The van der Waals surface area contributed by atoms with Crippen molar-refractivity contribution in [2.24, 2.45) is 23.7 Å². The van der Waals surface area contributed by atoms with Gasteiger partial charge in [-0.2, -0.15) is 0 Å². The van der Waals surface area contributed by atoms with Gasteiger partial charge >= 0.3 is 0 Å². The van der Waals surface area contributed by atoms with E-state index in [1.54, 1.807) is 25.1 Å². The van der Waals surface area contributed by atoms with Crippen LogP contribution in [-0.4, -0.2) is 71.3 Å². The number of hydrogen-bond donors (Lipinski definition) is 1. The molecule has 1 saturated carbocycles. The van der Waals surface area contributed by atoms with E-state index in [4.69, 9.17) is 21.1 Å². The molecule has 48 heavy (non-hydrogen) atoms. The Balaban J connectivity index is 1.22. The van der Waals surface area contributed by atoms with Gasteiger partial charge in [-0.15, -0.1) is 0 Å². The predicted molar refractivity (Wildman–Crippen MR) is 189 cm³/mol. The molecule has 0 unspecified atom stereocenters. The number of fused-ring (bicyclic) bond motifs is 4. The second-order valence-electron chi connectivity index (χ2n) is 15.0. The Morgan fingerprint density at radius 2 is 1.96 bits per heavy atom. The molecule has 0 radical (unpaired) electrons. The lowest BCUT2D eigenvalue weighted by molar-refractivity contribution is -0.122. The fourth-order valence-corrected chi connectivity index (χ4v) is 9.85. The quantitative estimate of drug-likeness (QED) is 0.365. The number of hydrogen-bond acceptors (Lipinski definition) is 7. The van der Waals surface area contributed by atoms with E-state index in [0.717, 1.165) is 74.9 Å². The Morgan fingerprint density at radius 1 is 1.10 bits per heavy atom. The van der Waals surface area contributed by atoms with Gasteiger partial charge in [0.1, 0.15) is 5.75 Å². The average Bonchev–Trinajstić information content (AvgIpc) is 3.18. The van der Waals surface area contributed by atoms with Gasteiger partial charge in [-0.1, -0.05) is 50.1 Å². The first-order chi connectivity index (χ1) is 23.1. The van der Waals surface area contributed by atoms with E-state index in [1.807, 2.05) is 6.07 Å². The molecule has 2 bridgehead atoms. The zero-order chi connectivity index (χ0) is 33.5. The zero-order valence-corrected chi connectivity index (χ0v) is 29.9. The van der Waals surface area contributed by atoms with Gasteiger partial charge in [0.15, 0.2) is 0 Å². The van der Waals surface area contributed by atoms with E-state index in [0.29, 0.717) is 50.2 Å². The number of amides is 1. The molecule has 7 rings (SSSR count). The van der Waals surface area contributed by atoms with Gasteiger partial charge in [-0.3, -0.25) is 4.79 Å². The molecule has 2 aromatic rings. The molecule has 3 aliphatic heterocycles. The molecule has 5 aliphatic rings. The molecule has 1 spiro atoms. The van der Waals surface area contributed by atoms with Crippen molar-refractivity contribution in [3.05, 3.63) is 64.7 Å². The van der Waals surface area contributed by atoms with Gasteiger partial charge in [0, 0.05) is 49.1 Å². The zero-order valence-electron chi connectivity index (χ0n) is 28.3. The molecule has 260 valence electrons. The van der Waals surface area contributed by atoms with E-state index in [2.05, 4.69) is 45.7 Å². The molecule has 2 aliphatic carbocycles. The number of sulfonamides is 1. The Hall–Kier alpha value is -2.59. The summed E-state index contributed by atoms with van der Waals surface area (Å²) in [5.41, 5.74) is 3.05. The molecule has 5 atom stereocenters. The highest BCUT2D eigenvalue weighted by atomic mass is 35.5. The Bertz CT molecular complexity index is 1640. The second kappa shape index (κ2) is 14.0. The van der Waals surface area contributed by atoms with Crippen LogP contribution in [0.1, 0.15) is 69.9 Å². The summed E-state index contributed by atoms with van der Waals surface area (Å²) >= 11 is 6.45. The highest BCUT2D eigenvalue weighted by molar-refractivity contribution is 7.90. The molecule has 1 amide bonds. The van der Waals surface area contributed by atoms with Crippen LogP contribution in [0.3, 0.4) is 0 Å². The molecular weight excluding hydrogens is 646 g/mol. The number of carbonyl (C=O) groups is 1. The van der Waals surface area contributed by atoms with Crippen molar-refractivity contribution < 1.29 is 22.7 Å². The van der Waals surface area contributed by atoms with Crippen molar-refractivity contribution in [3.8, 4) is 5.75 Å². The molecular formula is C38H50ClN3O5S. The van der Waals surface area contributed by atoms with Crippen molar-refractivity contribution in [2.75, 3.05) is 50.8 Å². The standard InChI is InChI=1S/C38H50ClN3O5S/c1-3-27-21-41(22-27)17-18-46-35-9-5-4-7-26(2)37(43)40-48(44,45)31-12-15-36-34(20-31)42(23-29-10-13-32(29)35)24-38(25-47-36)16-6-8-28-19-30(39)11-14-33(28)38/h5,9,11-12,14-15,19-20,26-27,29,32,35H,3-4,6-8,10,13,16-18,21-25H2,1-2H3,(H,40,43)/b9-5+/t26-,29+,32-,35+,38+/m1/s1. The average molecular weight is 696 g/mol. The van der Waals surface area contributed by atoms with Gasteiger partial charge in [-0.05, 0) is 104 Å². The van der Waals surface area contributed by atoms with Crippen LogP contribution < -0.4 is 14.4 Å². The first-order valence-corrected chi connectivity index (χ1v) is 19.9. The number of nitrogens with zero attached hydrogens (tertiary/aromatic N) is 2. The smallest absolute Gasteiger partial charge is 0.264 e. The summed E-state index contributed by atoms with van der Waals surface area (Å²) in [5.74, 6) is 1.30. The summed E-state index contributed by atoms with van der Waals surface area (Å²) in [5, 5.41) is 0.746. The summed E-state index contributed by atoms with van der Waals surface area (Å²) in [6.07, 6.45) is 12.0. The molecule has 1 saturated heterocycles. The minimum atomic E-state index is -4.07. The molecule has 10 heteroatoms. The summed E-state index contributed by atoms with van der Waals surface area (Å²) in [6, 6.07) is 11.3. The number of halogens is 1. The van der Waals surface area contributed by atoms with E-state index in [-0.39, 0.29) is 16.4 Å². The Kier molecular flexibility index (Phi) is 9.86. The van der Waals surface area contributed by atoms with Crippen molar-refractivity contribution in [1.29, 1.82) is 0 Å². The monoisotopic (exact) mass is 695 g/mol. The van der Waals surface area contributed by atoms with Crippen molar-refractivity contribution >= 4 is 33.2 Å². The number of aryl methyl sites for hydroxylation is 1. The number of carbonyl (C=O) groups excluding carboxylic acids is 1. The van der Waals surface area contributed by atoms with Crippen molar-refractivity contribution in [1.82, 2.24) is 9.62 Å². The number of rotatable bonds is 5. The van der Waals surface area contributed by atoms with Crippen LogP contribution in [0.25, 0.3) is 0 Å². The van der Waals surface area contributed by atoms with Crippen molar-refractivity contribution in [2.45, 2.75) is 81.6 Å². The maximum atomic E-state index is 13.6. The third-order valence-corrected chi connectivity index (χ3v) is 13.4. The maximum Gasteiger partial charge on any atom is 0.264 e. The van der Waals surface area contributed by atoms with E-state index in [9.17, 15) is 13.2 Å². The number of ether oxygens (including phenoxy) is 2. The predicted octanol–water partition coefficient (Wildman–Crippen LogP) is 6.36. The summed E-state index contributed by atoms with van der Waals surface area (Å²) < 4.78 is 42.8. The summed E-state index contributed by atoms with van der Waals surface area (Å²) in [7, 11) is -4.07. The van der Waals surface area contributed by atoms with Crippen LogP contribution in [0.15, 0.2) is 53.4 Å². The maximum absolute atomic E-state index is 13.6. The van der Waals surface area contributed by atoms with Crippen LogP contribution >= 0.6 is 11.6 Å². The van der Waals surface area contributed by atoms with Gasteiger partial charge in [-0.25, -0.2) is 13.1 Å². The summed E-state index contributed by atoms with van der Waals surface area (Å²) in [4.78, 5) is 18.0. The lowest BCUT2D eigenvalue weighted by Gasteiger charge is -2.46. The first kappa shape index (κ1) is 33.9. The van der Waals surface area contributed by atoms with Gasteiger partial charge in [0.2, 0.25) is 5.91 Å². The van der Waals surface area contributed by atoms with Gasteiger partial charge < -0.3 is 19.3 Å². The van der Waals surface area contributed by atoms with Crippen LogP contribution in [0.5, 0.6) is 5.75 Å². The lowest BCUT2D eigenvalue weighted by atomic mass is 9.68. The first-order valence-electron chi connectivity index (χ1n) is 18.0. The van der Waals surface area contributed by atoms with E-state index in [1.165, 1.54) is 17.5 Å².